The van der Waals surface area contributed by atoms with Gasteiger partial charge in [0.15, 0.2) is 0 Å². The number of piperazine rings is 1. The minimum Gasteiger partial charge on any atom is -0.353 e. The maximum absolute atomic E-state index is 4.82. The van der Waals surface area contributed by atoms with Crippen molar-refractivity contribution in [3.8, 4) is 0 Å². The molecular weight excluding hydrogens is 280 g/mol. The van der Waals surface area contributed by atoms with E-state index < -0.39 is 0 Å². The van der Waals surface area contributed by atoms with E-state index in [4.69, 9.17) is 9.97 Å². The number of fused-ring (bicyclic) bond motifs is 3. The van der Waals surface area contributed by atoms with E-state index >= 15 is 0 Å². The molecule has 4 rings (SSSR count). The van der Waals surface area contributed by atoms with Crippen LogP contribution in [0.5, 0.6) is 0 Å². The lowest BCUT2D eigenvalue weighted by Gasteiger charge is -2.29. The van der Waals surface area contributed by atoms with Crippen molar-refractivity contribution in [3.63, 3.8) is 0 Å². The summed E-state index contributed by atoms with van der Waals surface area (Å²) in [6.07, 6.45) is 3.71. The highest BCUT2D eigenvalue weighted by Crippen LogP contribution is 2.40. The van der Waals surface area contributed by atoms with Crippen molar-refractivity contribution < 1.29 is 0 Å². The third kappa shape index (κ3) is 2.32. The van der Waals surface area contributed by atoms with Crippen molar-refractivity contribution in [2.75, 3.05) is 31.1 Å². The van der Waals surface area contributed by atoms with E-state index in [0.717, 1.165) is 37.9 Å². The molecule has 0 amide bonds. The molecule has 4 nitrogen and oxygen atoms in total. The van der Waals surface area contributed by atoms with Crippen molar-refractivity contribution in [1.82, 2.24) is 15.3 Å². The van der Waals surface area contributed by atoms with E-state index in [-0.39, 0.29) is 0 Å². The minimum absolute atomic E-state index is 0.808. The van der Waals surface area contributed by atoms with Gasteiger partial charge in [0.1, 0.15) is 16.5 Å². The number of hydrogen-bond donors (Lipinski definition) is 1. The van der Waals surface area contributed by atoms with Crippen LogP contribution in [0.2, 0.25) is 0 Å². The summed E-state index contributed by atoms with van der Waals surface area (Å²) >= 11 is 1.90. The highest BCUT2D eigenvalue weighted by atomic mass is 32.1. The summed E-state index contributed by atoms with van der Waals surface area (Å²) in [6.45, 7) is 8.58. The maximum Gasteiger partial charge on any atom is 0.141 e. The number of thiophene rings is 1. The number of nitrogens with zero attached hydrogens (tertiary/aromatic N) is 3. The van der Waals surface area contributed by atoms with Gasteiger partial charge in [-0.3, -0.25) is 0 Å². The molecular formula is C16H22N4S. The zero-order valence-electron chi connectivity index (χ0n) is 12.8. The Morgan fingerprint density at radius 2 is 2.05 bits per heavy atom. The first-order chi connectivity index (χ1) is 10.2. The Morgan fingerprint density at radius 3 is 2.86 bits per heavy atom. The molecule has 3 heterocycles. The second-order valence-corrected chi connectivity index (χ2v) is 7.45. The predicted octanol–water partition coefficient (Wildman–Crippen LogP) is 2.53. The summed E-state index contributed by atoms with van der Waals surface area (Å²) in [7, 11) is 0. The smallest absolute Gasteiger partial charge is 0.141 e. The highest BCUT2D eigenvalue weighted by molar-refractivity contribution is 7.19. The van der Waals surface area contributed by atoms with E-state index in [1.165, 1.54) is 35.3 Å². The Labute approximate surface area is 129 Å². The largest absolute Gasteiger partial charge is 0.353 e. The number of nitrogens with one attached hydrogen (secondary N) is 1. The van der Waals surface area contributed by atoms with Gasteiger partial charge in [-0.15, -0.1) is 11.3 Å². The molecule has 1 atom stereocenters. The van der Waals surface area contributed by atoms with E-state index in [0.29, 0.717) is 0 Å². The standard InChI is InChI=1S/C16H22N4S/c1-10-3-4-12-13(9-10)21-16-14(12)15(18-11(2)19-16)20-7-5-17-6-8-20/h10,17H,3-9H2,1-2H3/t10-/m1/s1. The van der Waals surface area contributed by atoms with E-state index in [9.17, 15) is 0 Å². The fourth-order valence-electron chi connectivity index (χ4n) is 3.53. The molecule has 2 aromatic heterocycles. The van der Waals surface area contributed by atoms with Crippen molar-refractivity contribution in [2.24, 2.45) is 5.92 Å². The van der Waals surface area contributed by atoms with Gasteiger partial charge in [0.05, 0.1) is 5.39 Å². The van der Waals surface area contributed by atoms with Crippen LogP contribution in [0.3, 0.4) is 0 Å². The van der Waals surface area contributed by atoms with E-state index in [2.05, 4.69) is 17.1 Å². The topological polar surface area (TPSA) is 41.1 Å². The van der Waals surface area contributed by atoms with Gasteiger partial charge in [-0.2, -0.15) is 0 Å². The minimum atomic E-state index is 0.808. The second kappa shape index (κ2) is 5.21. The van der Waals surface area contributed by atoms with Gasteiger partial charge >= 0.3 is 0 Å². The van der Waals surface area contributed by atoms with Crippen LogP contribution in [0.4, 0.5) is 5.82 Å². The summed E-state index contributed by atoms with van der Waals surface area (Å²) in [5.74, 6) is 2.90. The number of rotatable bonds is 1. The first-order valence-corrected chi connectivity index (χ1v) is 8.78. The van der Waals surface area contributed by atoms with Crippen LogP contribution in [-0.2, 0) is 12.8 Å². The molecule has 0 aromatic carbocycles. The van der Waals surface area contributed by atoms with Gasteiger partial charge in [0.2, 0.25) is 0 Å². The molecule has 0 saturated carbocycles. The number of aryl methyl sites for hydroxylation is 2. The van der Waals surface area contributed by atoms with E-state index in [1.807, 2.05) is 18.3 Å². The van der Waals surface area contributed by atoms with Gasteiger partial charge < -0.3 is 10.2 Å². The lowest BCUT2D eigenvalue weighted by atomic mass is 9.89. The van der Waals surface area contributed by atoms with Crippen molar-refractivity contribution in [2.45, 2.75) is 33.1 Å². The molecule has 0 spiro atoms. The lowest BCUT2D eigenvalue weighted by molar-refractivity contribution is 0.509. The summed E-state index contributed by atoms with van der Waals surface area (Å²) in [5, 5.41) is 4.78. The Hall–Kier alpha value is -1.20. The summed E-state index contributed by atoms with van der Waals surface area (Å²) in [5.41, 5.74) is 1.54. The third-order valence-corrected chi connectivity index (χ3v) is 5.81. The molecule has 0 bridgehead atoms. The van der Waals surface area contributed by atoms with Crippen LogP contribution in [0.25, 0.3) is 10.2 Å². The molecule has 1 aliphatic carbocycles. The summed E-state index contributed by atoms with van der Waals surface area (Å²) < 4.78 is 0. The average molecular weight is 302 g/mol. The second-order valence-electron chi connectivity index (χ2n) is 6.36. The zero-order chi connectivity index (χ0) is 14.4. The molecule has 1 saturated heterocycles. The van der Waals surface area contributed by atoms with Crippen molar-refractivity contribution >= 4 is 27.4 Å². The van der Waals surface area contributed by atoms with Gasteiger partial charge in [0.25, 0.3) is 0 Å². The fourth-order valence-corrected chi connectivity index (χ4v) is 4.96. The summed E-state index contributed by atoms with van der Waals surface area (Å²) in [4.78, 5) is 14.7. The van der Waals surface area contributed by atoms with E-state index in [1.54, 1.807) is 10.4 Å². The van der Waals surface area contributed by atoms with Crippen molar-refractivity contribution in [3.05, 3.63) is 16.3 Å². The van der Waals surface area contributed by atoms with Crippen LogP contribution in [0.15, 0.2) is 0 Å². The predicted molar refractivity (Wildman–Crippen MR) is 88.4 cm³/mol. The molecule has 0 radical (unpaired) electrons. The molecule has 0 unspecified atom stereocenters. The number of hydrogen-bond acceptors (Lipinski definition) is 5. The molecule has 5 heteroatoms. The SMILES string of the molecule is Cc1nc(N2CCNCC2)c2c3c(sc2n1)C[C@H](C)CC3. The molecule has 1 N–H and O–H groups in total. The first-order valence-electron chi connectivity index (χ1n) is 7.97. The van der Waals surface area contributed by atoms with Gasteiger partial charge in [-0.05, 0) is 37.7 Å². The maximum atomic E-state index is 4.82. The van der Waals surface area contributed by atoms with Crippen LogP contribution in [-0.4, -0.2) is 36.1 Å². The average Bonchev–Trinajstić information content (AvgIpc) is 2.84. The molecule has 2 aliphatic rings. The summed E-state index contributed by atoms with van der Waals surface area (Å²) in [6, 6.07) is 0. The van der Waals surface area contributed by atoms with Crippen LogP contribution < -0.4 is 10.2 Å². The fraction of sp³-hybridized carbons (Fsp3) is 0.625. The molecule has 1 fully saturated rings. The van der Waals surface area contributed by atoms with Gasteiger partial charge in [-0.1, -0.05) is 6.92 Å². The Kier molecular flexibility index (Phi) is 3.34. The number of aromatic nitrogens is 2. The first kappa shape index (κ1) is 13.5. The van der Waals surface area contributed by atoms with Crippen LogP contribution in [0.1, 0.15) is 29.6 Å². The normalized spacial score (nSPS) is 22.6. The van der Waals surface area contributed by atoms with Gasteiger partial charge in [0, 0.05) is 31.1 Å². The van der Waals surface area contributed by atoms with Crippen molar-refractivity contribution in [1.29, 1.82) is 0 Å². The van der Waals surface area contributed by atoms with Crippen LogP contribution >= 0.6 is 11.3 Å². The number of anilines is 1. The molecule has 21 heavy (non-hydrogen) atoms. The Bertz CT molecular complexity index is 672. The quantitative estimate of drug-likeness (QED) is 0.879. The molecule has 1 aliphatic heterocycles. The monoisotopic (exact) mass is 302 g/mol. The molecule has 2 aromatic rings. The Balaban J connectivity index is 1.88. The van der Waals surface area contributed by atoms with Crippen LogP contribution in [0, 0.1) is 12.8 Å². The zero-order valence-corrected chi connectivity index (χ0v) is 13.6. The van der Waals surface area contributed by atoms with Gasteiger partial charge in [-0.25, -0.2) is 9.97 Å². The highest BCUT2D eigenvalue weighted by Gasteiger charge is 2.25. The molecule has 112 valence electrons. The lowest BCUT2D eigenvalue weighted by Crippen LogP contribution is -2.44. The Morgan fingerprint density at radius 1 is 1.24 bits per heavy atom. The third-order valence-electron chi connectivity index (χ3n) is 4.66.